The molecule has 0 radical (unpaired) electrons. The molecule has 0 N–H and O–H groups in total. The molecule has 4 aromatic heterocycles. The standard InChI is InChI=1S/C41H46N8/c1-2-35-15-17-36(18-16-35)29-41-34-48(32-39-13-5-9-21-44-39)26-25-46(30-37-11-3-7-19-42-37)23-24-47(31-38-12-4-8-20-43-38)27-28-49(41)33-40-14-6-10-22-45-40/h1,3-22,41H,23-34H2. The Morgan fingerprint density at radius 3 is 1.39 bits per heavy atom. The van der Waals surface area contributed by atoms with E-state index in [1.165, 1.54) is 5.56 Å². The van der Waals surface area contributed by atoms with Gasteiger partial charge in [-0.2, -0.15) is 0 Å². The molecule has 1 aliphatic rings. The minimum absolute atomic E-state index is 0.225. The molecule has 1 unspecified atom stereocenters. The van der Waals surface area contributed by atoms with Crippen LogP contribution < -0.4 is 0 Å². The molecule has 0 saturated carbocycles. The fourth-order valence-electron chi connectivity index (χ4n) is 6.48. The van der Waals surface area contributed by atoms with Gasteiger partial charge in [-0.1, -0.05) is 42.3 Å². The Morgan fingerprint density at radius 2 is 0.939 bits per heavy atom. The number of nitrogens with zero attached hydrogens (tertiary/aromatic N) is 8. The average Bonchev–Trinajstić information content (AvgIpc) is 3.15. The van der Waals surface area contributed by atoms with Crippen LogP contribution in [0.4, 0.5) is 0 Å². The van der Waals surface area contributed by atoms with Gasteiger partial charge in [0.15, 0.2) is 0 Å². The van der Waals surface area contributed by atoms with Crippen LogP contribution in [0.25, 0.3) is 0 Å². The van der Waals surface area contributed by atoms with Gasteiger partial charge in [-0.3, -0.25) is 39.5 Å². The lowest BCUT2D eigenvalue weighted by atomic mass is 10.0. The van der Waals surface area contributed by atoms with Crippen LogP contribution in [0.15, 0.2) is 122 Å². The molecule has 49 heavy (non-hydrogen) atoms. The topological polar surface area (TPSA) is 64.5 Å². The Bertz CT molecular complexity index is 1700. The highest BCUT2D eigenvalue weighted by atomic mass is 15.3. The van der Waals surface area contributed by atoms with E-state index >= 15 is 0 Å². The summed E-state index contributed by atoms with van der Waals surface area (Å²) >= 11 is 0. The summed E-state index contributed by atoms with van der Waals surface area (Å²) in [5.41, 5.74) is 6.53. The fraction of sp³-hybridized carbons (Fsp3) is 0.317. The zero-order valence-electron chi connectivity index (χ0n) is 28.3. The predicted molar refractivity (Wildman–Crippen MR) is 195 cm³/mol. The van der Waals surface area contributed by atoms with E-state index < -0.39 is 0 Å². The molecule has 1 aliphatic heterocycles. The van der Waals surface area contributed by atoms with Gasteiger partial charge >= 0.3 is 0 Å². The molecule has 5 aromatic rings. The highest BCUT2D eigenvalue weighted by Gasteiger charge is 2.26. The molecule has 0 bridgehead atoms. The first-order chi connectivity index (χ1) is 24.2. The maximum atomic E-state index is 5.71. The molecule has 1 atom stereocenters. The summed E-state index contributed by atoms with van der Waals surface area (Å²) in [6, 6.07) is 33.5. The Hall–Kier alpha value is -4.78. The second-order valence-corrected chi connectivity index (χ2v) is 12.7. The summed E-state index contributed by atoms with van der Waals surface area (Å²) in [5.74, 6) is 2.77. The van der Waals surface area contributed by atoms with Crippen molar-refractivity contribution in [1.82, 2.24) is 39.5 Å². The van der Waals surface area contributed by atoms with Crippen LogP contribution in [0.1, 0.15) is 33.9 Å². The van der Waals surface area contributed by atoms with Crippen LogP contribution in [0.3, 0.4) is 0 Å². The minimum atomic E-state index is 0.225. The van der Waals surface area contributed by atoms with Gasteiger partial charge in [-0.05, 0) is 72.6 Å². The molecule has 8 heteroatoms. The van der Waals surface area contributed by atoms with Gasteiger partial charge in [-0.15, -0.1) is 6.42 Å². The summed E-state index contributed by atoms with van der Waals surface area (Å²) in [7, 11) is 0. The van der Waals surface area contributed by atoms with Gasteiger partial charge < -0.3 is 0 Å². The summed E-state index contributed by atoms with van der Waals surface area (Å²) in [6.07, 6.45) is 14.2. The van der Waals surface area contributed by atoms with Crippen molar-refractivity contribution in [3.05, 3.63) is 156 Å². The largest absolute Gasteiger partial charge is 0.295 e. The van der Waals surface area contributed by atoms with Gasteiger partial charge in [0.1, 0.15) is 0 Å². The smallest absolute Gasteiger partial charge is 0.0544 e. The third-order valence-corrected chi connectivity index (χ3v) is 9.17. The van der Waals surface area contributed by atoms with Crippen LogP contribution in [0.2, 0.25) is 0 Å². The summed E-state index contributed by atoms with van der Waals surface area (Å²) in [4.78, 5) is 29.2. The maximum Gasteiger partial charge on any atom is 0.0544 e. The fourth-order valence-corrected chi connectivity index (χ4v) is 6.48. The molecule has 0 spiro atoms. The van der Waals surface area contributed by atoms with E-state index in [0.717, 1.165) is 107 Å². The summed E-state index contributed by atoms with van der Waals surface area (Å²) in [6.45, 7) is 9.57. The number of pyridine rings is 4. The van der Waals surface area contributed by atoms with Crippen LogP contribution in [0.5, 0.6) is 0 Å². The number of hydrogen-bond acceptors (Lipinski definition) is 8. The van der Waals surface area contributed by atoms with Crippen molar-refractivity contribution in [2.45, 2.75) is 38.6 Å². The average molecular weight is 651 g/mol. The Balaban J connectivity index is 1.33. The molecule has 250 valence electrons. The minimum Gasteiger partial charge on any atom is -0.295 e. The van der Waals surface area contributed by atoms with Crippen LogP contribution >= 0.6 is 0 Å². The highest BCUT2D eigenvalue weighted by molar-refractivity contribution is 5.34. The van der Waals surface area contributed by atoms with Crippen molar-refractivity contribution in [3.63, 3.8) is 0 Å². The zero-order valence-corrected chi connectivity index (χ0v) is 28.3. The number of benzene rings is 1. The van der Waals surface area contributed by atoms with Gasteiger partial charge in [0.2, 0.25) is 0 Å². The van der Waals surface area contributed by atoms with Crippen molar-refractivity contribution in [3.8, 4) is 12.3 Å². The molecule has 1 fully saturated rings. The third kappa shape index (κ3) is 10.9. The number of rotatable bonds is 10. The lowest BCUT2D eigenvalue weighted by Gasteiger charge is -2.39. The second kappa shape index (κ2) is 18.1. The molecule has 0 amide bonds. The molecular formula is C41H46N8. The van der Waals surface area contributed by atoms with E-state index in [1.807, 2.05) is 49.1 Å². The third-order valence-electron chi connectivity index (χ3n) is 9.17. The van der Waals surface area contributed by atoms with Crippen molar-refractivity contribution < 1.29 is 0 Å². The quantitative estimate of drug-likeness (QED) is 0.192. The lowest BCUT2D eigenvalue weighted by Crippen LogP contribution is -2.50. The Labute approximate surface area is 291 Å². The molecule has 1 aromatic carbocycles. The van der Waals surface area contributed by atoms with Crippen LogP contribution in [0, 0.1) is 12.3 Å². The number of aromatic nitrogens is 4. The van der Waals surface area contributed by atoms with Crippen molar-refractivity contribution in [1.29, 1.82) is 0 Å². The maximum absolute atomic E-state index is 5.71. The van der Waals surface area contributed by atoms with E-state index in [4.69, 9.17) is 21.4 Å². The molecule has 0 aliphatic carbocycles. The monoisotopic (exact) mass is 650 g/mol. The first-order valence-corrected chi connectivity index (χ1v) is 17.3. The second-order valence-electron chi connectivity index (χ2n) is 12.7. The van der Waals surface area contributed by atoms with Gasteiger partial charge in [0, 0.05) is 108 Å². The first kappa shape index (κ1) is 34.1. The molecule has 8 nitrogen and oxygen atoms in total. The number of terminal acetylenes is 1. The van der Waals surface area contributed by atoms with E-state index in [2.05, 4.69) is 103 Å². The Morgan fingerprint density at radius 1 is 0.510 bits per heavy atom. The van der Waals surface area contributed by atoms with E-state index in [1.54, 1.807) is 0 Å². The molecule has 5 heterocycles. The van der Waals surface area contributed by atoms with E-state index in [9.17, 15) is 0 Å². The zero-order chi connectivity index (χ0) is 33.5. The SMILES string of the molecule is C#Cc1ccc(CC2CN(Cc3ccccn3)CCN(Cc3ccccn3)CCN(Cc3ccccn3)CCN2Cc2ccccn2)cc1. The highest BCUT2D eigenvalue weighted by Crippen LogP contribution is 2.18. The van der Waals surface area contributed by atoms with E-state index in [0.29, 0.717) is 0 Å². The van der Waals surface area contributed by atoms with Crippen molar-refractivity contribution >= 4 is 0 Å². The van der Waals surface area contributed by atoms with Crippen LogP contribution in [-0.2, 0) is 32.6 Å². The van der Waals surface area contributed by atoms with Crippen molar-refractivity contribution in [2.75, 3.05) is 45.8 Å². The predicted octanol–water partition coefficient (Wildman–Crippen LogP) is 5.18. The van der Waals surface area contributed by atoms with Gasteiger partial charge in [0.05, 0.1) is 22.8 Å². The van der Waals surface area contributed by atoms with Crippen LogP contribution in [-0.4, -0.2) is 91.4 Å². The molecular weight excluding hydrogens is 605 g/mol. The summed E-state index contributed by atoms with van der Waals surface area (Å²) < 4.78 is 0. The lowest BCUT2D eigenvalue weighted by molar-refractivity contribution is 0.0841. The first-order valence-electron chi connectivity index (χ1n) is 17.3. The normalized spacial score (nSPS) is 17.5. The van der Waals surface area contributed by atoms with Gasteiger partial charge in [-0.25, -0.2) is 0 Å². The van der Waals surface area contributed by atoms with Crippen molar-refractivity contribution in [2.24, 2.45) is 0 Å². The number of hydrogen-bond donors (Lipinski definition) is 0. The molecule has 6 rings (SSSR count). The molecule has 1 saturated heterocycles. The van der Waals surface area contributed by atoms with E-state index in [-0.39, 0.29) is 6.04 Å². The van der Waals surface area contributed by atoms with Gasteiger partial charge in [0.25, 0.3) is 0 Å². The summed E-state index contributed by atoms with van der Waals surface area (Å²) in [5, 5.41) is 0. The Kier molecular flexibility index (Phi) is 12.6.